The van der Waals surface area contributed by atoms with E-state index in [0.29, 0.717) is 5.56 Å². The largest absolute Gasteiger partial charge is 0.465 e. The van der Waals surface area contributed by atoms with Gasteiger partial charge in [0.25, 0.3) is 0 Å². The van der Waals surface area contributed by atoms with Crippen LogP contribution < -0.4 is 4.90 Å². The molecule has 5 nitrogen and oxygen atoms in total. The van der Waals surface area contributed by atoms with Crippen LogP contribution in [0.25, 0.3) is 11.1 Å². The van der Waals surface area contributed by atoms with Gasteiger partial charge in [0.2, 0.25) is 5.91 Å². The molecule has 0 unspecified atom stereocenters. The Morgan fingerprint density at radius 3 is 2.58 bits per heavy atom. The molecular formula is C19H13FN2O3S. The van der Waals surface area contributed by atoms with Gasteiger partial charge in [-0.1, -0.05) is 48.2 Å². The highest BCUT2D eigenvalue weighted by atomic mass is 32.2. The van der Waals surface area contributed by atoms with Crippen molar-refractivity contribution in [2.24, 2.45) is 0 Å². The molecule has 1 amide bonds. The lowest BCUT2D eigenvalue weighted by Gasteiger charge is -2.19. The summed E-state index contributed by atoms with van der Waals surface area (Å²) in [7, 11) is 1.14. The number of anilines is 1. The number of hydrogen-bond acceptors (Lipinski definition) is 5. The van der Waals surface area contributed by atoms with Crippen LogP contribution in [-0.2, 0) is 14.3 Å². The quantitative estimate of drug-likeness (QED) is 0.471. The molecule has 2 aromatic carbocycles. The summed E-state index contributed by atoms with van der Waals surface area (Å²) in [4.78, 5) is 25.1. The highest BCUT2D eigenvalue weighted by Crippen LogP contribution is 2.38. The lowest BCUT2D eigenvalue weighted by atomic mass is 10.0. The van der Waals surface area contributed by atoms with Crippen LogP contribution in [0.5, 0.6) is 0 Å². The number of rotatable bonds is 3. The zero-order valence-electron chi connectivity index (χ0n) is 13.7. The maximum absolute atomic E-state index is 14.8. The van der Waals surface area contributed by atoms with Crippen LogP contribution in [0.3, 0.4) is 0 Å². The molecule has 0 radical (unpaired) electrons. The number of esters is 1. The summed E-state index contributed by atoms with van der Waals surface area (Å²) >= 11 is 1.01. The smallest absolute Gasteiger partial charge is 0.351 e. The first-order valence-electron chi connectivity index (χ1n) is 7.60. The minimum absolute atomic E-state index is 0.00802. The minimum atomic E-state index is -0.865. The molecule has 0 aliphatic carbocycles. The molecule has 7 heteroatoms. The van der Waals surface area contributed by atoms with Crippen LogP contribution in [0.1, 0.15) is 0 Å². The summed E-state index contributed by atoms with van der Waals surface area (Å²) in [6, 6.07) is 15.5. The summed E-state index contributed by atoms with van der Waals surface area (Å²) in [5, 5.41) is 9.33. The molecule has 0 atom stereocenters. The normalized spacial score (nSPS) is 15.6. The van der Waals surface area contributed by atoms with E-state index >= 15 is 0 Å². The topological polar surface area (TPSA) is 70.4 Å². The van der Waals surface area contributed by atoms with Gasteiger partial charge in [0, 0.05) is 0 Å². The lowest BCUT2D eigenvalue weighted by Crippen LogP contribution is -2.26. The number of methoxy groups -OCH3 is 1. The van der Waals surface area contributed by atoms with Crippen molar-refractivity contribution < 1.29 is 18.7 Å². The SMILES string of the molecule is COC(=O)/C(C#N)=C1\SCC(=O)N1c1ccc(-c2ccccc2)cc1F. The molecule has 1 aliphatic heterocycles. The van der Waals surface area contributed by atoms with E-state index in [1.807, 2.05) is 30.3 Å². The van der Waals surface area contributed by atoms with Crippen LogP contribution in [0.4, 0.5) is 10.1 Å². The van der Waals surface area contributed by atoms with E-state index in [0.717, 1.165) is 29.3 Å². The number of nitrogens with zero attached hydrogens (tertiary/aromatic N) is 2. The van der Waals surface area contributed by atoms with Crippen LogP contribution in [0.15, 0.2) is 59.1 Å². The summed E-state index contributed by atoms with van der Waals surface area (Å²) < 4.78 is 19.3. The second-order valence-corrected chi connectivity index (χ2v) is 6.30. The monoisotopic (exact) mass is 368 g/mol. The van der Waals surface area contributed by atoms with E-state index in [4.69, 9.17) is 0 Å². The van der Waals surface area contributed by atoms with Crippen LogP contribution in [0, 0.1) is 17.1 Å². The number of amides is 1. The van der Waals surface area contributed by atoms with Crippen molar-refractivity contribution in [1.29, 1.82) is 5.26 Å². The summed E-state index contributed by atoms with van der Waals surface area (Å²) in [6.45, 7) is 0. The fourth-order valence-corrected chi connectivity index (χ4v) is 3.57. The van der Waals surface area contributed by atoms with Gasteiger partial charge in [-0.25, -0.2) is 9.18 Å². The predicted molar refractivity (Wildman–Crippen MR) is 96.4 cm³/mol. The lowest BCUT2D eigenvalue weighted by molar-refractivity contribution is -0.135. The molecule has 26 heavy (non-hydrogen) atoms. The molecule has 1 aliphatic rings. The molecule has 0 spiro atoms. The van der Waals surface area contributed by atoms with Crippen LogP contribution in [0.2, 0.25) is 0 Å². The summed E-state index contributed by atoms with van der Waals surface area (Å²) in [5.41, 5.74) is 1.16. The van der Waals surface area contributed by atoms with E-state index in [9.17, 15) is 19.2 Å². The number of thioether (sulfide) groups is 1. The Hall–Kier alpha value is -3.11. The Balaban J connectivity index is 2.07. The number of benzene rings is 2. The van der Waals surface area contributed by atoms with Gasteiger partial charge in [-0.3, -0.25) is 9.69 Å². The zero-order valence-corrected chi connectivity index (χ0v) is 14.5. The number of nitriles is 1. The standard InChI is InChI=1S/C19H13FN2O3S/c1-25-19(24)14(10-21)18-22(17(23)11-26-18)16-8-7-13(9-15(16)20)12-5-3-2-4-6-12/h2-9H,11H2,1H3/b18-14-. The van der Waals surface area contributed by atoms with Crippen molar-refractivity contribution in [2.45, 2.75) is 0 Å². The molecule has 0 bridgehead atoms. The predicted octanol–water partition coefficient (Wildman–Crippen LogP) is 3.48. The Morgan fingerprint density at radius 2 is 1.96 bits per heavy atom. The third-order valence-corrected chi connectivity index (χ3v) is 4.85. The molecule has 3 rings (SSSR count). The first kappa shape index (κ1) is 17.7. The Kier molecular flexibility index (Phi) is 5.05. The third kappa shape index (κ3) is 3.19. The number of carbonyl (C=O) groups is 2. The van der Waals surface area contributed by atoms with Crippen molar-refractivity contribution in [3.8, 4) is 17.2 Å². The fourth-order valence-electron chi connectivity index (χ4n) is 2.58. The molecule has 2 aromatic rings. The van der Waals surface area contributed by atoms with Gasteiger partial charge in [-0.05, 0) is 23.3 Å². The van der Waals surface area contributed by atoms with Gasteiger partial charge >= 0.3 is 5.97 Å². The molecule has 0 aromatic heterocycles. The number of ether oxygens (including phenoxy) is 1. The highest BCUT2D eigenvalue weighted by molar-refractivity contribution is 8.04. The molecule has 1 fully saturated rings. The van der Waals surface area contributed by atoms with Crippen molar-refractivity contribution in [3.63, 3.8) is 0 Å². The summed E-state index contributed by atoms with van der Waals surface area (Å²) in [6.07, 6.45) is 0. The molecule has 0 saturated carbocycles. The molecular weight excluding hydrogens is 355 g/mol. The van der Waals surface area contributed by atoms with E-state index in [1.54, 1.807) is 12.1 Å². The number of carbonyl (C=O) groups excluding carboxylic acids is 2. The highest BCUT2D eigenvalue weighted by Gasteiger charge is 2.35. The van der Waals surface area contributed by atoms with Gasteiger partial charge in [-0.2, -0.15) is 5.26 Å². The number of halogens is 1. The second-order valence-electron chi connectivity index (χ2n) is 5.33. The first-order valence-corrected chi connectivity index (χ1v) is 8.58. The fraction of sp³-hybridized carbons (Fsp3) is 0.105. The zero-order chi connectivity index (χ0) is 18.7. The van der Waals surface area contributed by atoms with Crippen molar-refractivity contribution in [1.82, 2.24) is 0 Å². The van der Waals surface area contributed by atoms with Crippen LogP contribution in [-0.4, -0.2) is 24.7 Å². The van der Waals surface area contributed by atoms with Crippen molar-refractivity contribution >= 4 is 29.3 Å². The maximum atomic E-state index is 14.8. The average molecular weight is 368 g/mol. The van der Waals surface area contributed by atoms with Gasteiger partial charge in [0.15, 0.2) is 5.57 Å². The number of hydrogen-bond donors (Lipinski definition) is 0. The molecule has 0 N–H and O–H groups in total. The van der Waals surface area contributed by atoms with Gasteiger partial charge < -0.3 is 4.74 Å². The van der Waals surface area contributed by atoms with Crippen LogP contribution >= 0.6 is 11.8 Å². The summed E-state index contributed by atoms with van der Waals surface area (Å²) in [5.74, 6) is -1.89. The van der Waals surface area contributed by atoms with E-state index in [2.05, 4.69) is 4.74 Å². The van der Waals surface area contributed by atoms with Gasteiger partial charge in [0.1, 0.15) is 16.9 Å². The molecule has 1 saturated heterocycles. The Bertz CT molecular complexity index is 951. The van der Waals surface area contributed by atoms with E-state index in [1.165, 1.54) is 12.1 Å². The van der Waals surface area contributed by atoms with Crippen molar-refractivity contribution in [3.05, 3.63) is 65.0 Å². The van der Waals surface area contributed by atoms with Crippen molar-refractivity contribution in [2.75, 3.05) is 17.8 Å². The molecule has 1 heterocycles. The first-order chi connectivity index (χ1) is 12.6. The molecule has 130 valence electrons. The second kappa shape index (κ2) is 7.42. The Labute approximate surface area is 153 Å². The Morgan fingerprint density at radius 1 is 1.23 bits per heavy atom. The average Bonchev–Trinajstić information content (AvgIpc) is 3.04. The van der Waals surface area contributed by atoms with Gasteiger partial charge in [0.05, 0.1) is 18.6 Å². The third-order valence-electron chi connectivity index (χ3n) is 3.80. The maximum Gasteiger partial charge on any atom is 0.351 e. The van der Waals surface area contributed by atoms with E-state index < -0.39 is 17.7 Å². The van der Waals surface area contributed by atoms with E-state index in [-0.39, 0.29) is 22.0 Å². The minimum Gasteiger partial charge on any atom is -0.465 e. The van der Waals surface area contributed by atoms with Gasteiger partial charge in [-0.15, -0.1) is 0 Å².